The lowest BCUT2D eigenvalue weighted by Crippen LogP contribution is -2.45. The number of rotatable bonds is 4. The molecule has 13 heteroatoms. The summed E-state index contributed by atoms with van der Waals surface area (Å²) in [7, 11) is 0. The first kappa shape index (κ1) is 26.7. The Morgan fingerprint density at radius 2 is 1.92 bits per heavy atom. The molecule has 208 valence electrons. The molecule has 4 N–H and O–H groups in total. The average Bonchev–Trinajstić information content (AvgIpc) is 3.31. The highest BCUT2D eigenvalue weighted by atomic mass is 19.4. The second-order valence-corrected chi connectivity index (χ2v) is 10.4. The van der Waals surface area contributed by atoms with Gasteiger partial charge in [0, 0.05) is 66.6 Å². The van der Waals surface area contributed by atoms with E-state index in [1.54, 1.807) is 30.0 Å². The number of alkyl halides is 3. The molecule has 2 aliphatic heterocycles. The van der Waals surface area contributed by atoms with Crippen molar-refractivity contribution in [3.05, 3.63) is 41.7 Å². The third kappa shape index (κ3) is 5.63. The Bertz CT molecular complexity index is 1400. The van der Waals surface area contributed by atoms with Crippen molar-refractivity contribution in [3.8, 4) is 11.3 Å². The SMILES string of the molecule is CC1(O)CCN(C(=O)c2ccc3c(-c4nc(N[C@H]5CCCN(C(=O)O)C5)ncc4C(F)(F)F)c[nH]c3c2)CC1. The number of aromatic nitrogens is 3. The number of carbonyl (C=O) groups is 2. The van der Waals surface area contributed by atoms with Crippen LogP contribution in [-0.4, -0.2) is 84.8 Å². The summed E-state index contributed by atoms with van der Waals surface area (Å²) >= 11 is 0. The van der Waals surface area contributed by atoms with Crippen LogP contribution >= 0.6 is 0 Å². The molecular formula is C26H29F3N6O4. The van der Waals surface area contributed by atoms with Crippen molar-refractivity contribution >= 4 is 28.9 Å². The molecule has 0 unspecified atom stereocenters. The summed E-state index contributed by atoms with van der Waals surface area (Å²) in [6, 6.07) is 4.43. The van der Waals surface area contributed by atoms with E-state index in [9.17, 15) is 33.0 Å². The van der Waals surface area contributed by atoms with Gasteiger partial charge in [-0.3, -0.25) is 4.79 Å². The number of carbonyl (C=O) groups excluding carboxylic acids is 1. The van der Waals surface area contributed by atoms with Crippen LogP contribution in [0.25, 0.3) is 22.2 Å². The molecule has 10 nitrogen and oxygen atoms in total. The maximum absolute atomic E-state index is 14.0. The zero-order valence-electron chi connectivity index (χ0n) is 21.3. The number of halogens is 3. The Balaban J connectivity index is 1.44. The Morgan fingerprint density at radius 3 is 2.62 bits per heavy atom. The molecule has 0 radical (unpaired) electrons. The van der Waals surface area contributed by atoms with E-state index in [0.717, 1.165) is 6.20 Å². The summed E-state index contributed by atoms with van der Waals surface area (Å²) in [5.41, 5.74) is -1.07. The van der Waals surface area contributed by atoms with E-state index in [1.807, 2.05) is 0 Å². The summed E-state index contributed by atoms with van der Waals surface area (Å²) in [4.78, 5) is 38.3. The fraction of sp³-hybridized carbons (Fsp3) is 0.462. The lowest BCUT2D eigenvalue weighted by atomic mass is 9.93. The summed E-state index contributed by atoms with van der Waals surface area (Å²) in [5, 5.41) is 22.9. The molecule has 4 heterocycles. The number of benzene rings is 1. The normalized spacial score (nSPS) is 19.8. The van der Waals surface area contributed by atoms with Crippen LogP contribution < -0.4 is 5.32 Å². The second-order valence-electron chi connectivity index (χ2n) is 10.4. The average molecular weight is 547 g/mol. The van der Waals surface area contributed by atoms with Crippen molar-refractivity contribution in [2.45, 2.75) is 50.4 Å². The van der Waals surface area contributed by atoms with Crippen molar-refractivity contribution in [3.63, 3.8) is 0 Å². The number of fused-ring (bicyclic) bond motifs is 1. The molecule has 1 aromatic carbocycles. The zero-order valence-corrected chi connectivity index (χ0v) is 21.3. The van der Waals surface area contributed by atoms with Crippen LogP contribution in [0.15, 0.2) is 30.6 Å². The first-order valence-corrected chi connectivity index (χ1v) is 12.7. The van der Waals surface area contributed by atoms with Gasteiger partial charge < -0.3 is 30.3 Å². The molecule has 5 rings (SSSR count). The molecule has 2 aromatic heterocycles. The summed E-state index contributed by atoms with van der Waals surface area (Å²) < 4.78 is 41.9. The predicted octanol–water partition coefficient (Wildman–Crippen LogP) is 4.19. The largest absolute Gasteiger partial charge is 0.465 e. The molecule has 39 heavy (non-hydrogen) atoms. The van der Waals surface area contributed by atoms with E-state index < -0.39 is 23.4 Å². The van der Waals surface area contributed by atoms with Crippen molar-refractivity contribution in [2.24, 2.45) is 0 Å². The number of H-pyrrole nitrogens is 1. The molecule has 0 bridgehead atoms. The molecule has 1 atom stereocenters. The number of aliphatic hydroxyl groups is 1. The number of piperidine rings is 2. The van der Waals surface area contributed by atoms with Gasteiger partial charge in [-0.2, -0.15) is 13.2 Å². The highest BCUT2D eigenvalue weighted by Gasteiger charge is 2.36. The lowest BCUT2D eigenvalue weighted by molar-refractivity contribution is -0.137. The van der Waals surface area contributed by atoms with Crippen LogP contribution in [0.3, 0.4) is 0 Å². The number of anilines is 1. The number of nitrogens with one attached hydrogen (secondary N) is 2. The molecule has 2 fully saturated rings. The summed E-state index contributed by atoms with van der Waals surface area (Å²) in [6.45, 7) is 3.14. The Kier molecular flexibility index (Phi) is 6.87. The summed E-state index contributed by atoms with van der Waals surface area (Å²) in [5.74, 6) is -0.242. The lowest BCUT2D eigenvalue weighted by Gasteiger charge is -2.35. The van der Waals surface area contributed by atoms with Crippen molar-refractivity contribution < 1.29 is 33.0 Å². The van der Waals surface area contributed by atoms with Gasteiger partial charge in [-0.25, -0.2) is 14.8 Å². The first-order valence-electron chi connectivity index (χ1n) is 12.7. The second kappa shape index (κ2) is 10.0. The molecule has 2 saturated heterocycles. The molecule has 3 aromatic rings. The first-order chi connectivity index (χ1) is 18.4. The molecule has 0 spiro atoms. The van der Waals surface area contributed by atoms with Gasteiger partial charge in [-0.15, -0.1) is 0 Å². The number of likely N-dealkylation sites (tertiary alicyclic amines) is 2. The van der Waals surface area contributed by atoms with Gasteiger partial charge >= 0.3 is 12.3 Å². The molecule has 2 aliphatic rings. The van der Waals surface area contributed by atoms with Gasteiger partial charge in [0.2, 0.25) is 5.95 Å². The number of carboxylic acid groups (broad SMARTS) is 1. The van der Waals surface area contributed by atoms with E-state index in [0.29, 0.717) is 61.8 Å². The van der Waals surface area contributed by atoms with E-state index >= 15 is 0 Å². The van der Waals surface area contributed by atoms with E-state index in [4.69, 9.17) is 0 Å². The van der Waals surface area contributed by atoms with Crippen LogP contribution in [0.4, 0.5) is 23.9 Å². The number of amides is 2. The van der Waals surface area contributed by atoms with Crippen molar-refractivity contribution in [1.82, 2.24) is 24.8 Å². The number of nitrogens with zero attached hydrogens (tertiary/aromatic N) is 4. The third-order valence-corrected chi connectivity index (χ3v) is 7.43. The minimum atomic E-state index is -4.71. The quantitative estimate of drug-likeness (QED) is 0.386. The van der Waals surface area contributed by atoms with Gasteiger partial charge in [-0.1, -0.05) is 6.07 Å². The highest BCUT2D eigenvalue weighted by Crippen LogP contribution is 2.39. The van der Waals surface area contributed by atoms with Crippen LogP contribution in [0.5, 0.6) is 0 Å². The van der Waals surface area contributed by atoms with Crippen LogP contribution in [0.1, 0.15) is 48.5 Å². The minimum absolute atomic E-state index is 0.0302. The van der Waals surface area contributed by atoms with E-state index in [2.05, 4.69) is 20.3 Å². The van der Waals surface area contributed by atoms with Gasteiger partial charge in [-0.05, 0) is 44.7 Å². The molecular weight excluding hydrogens is 517 g/mol. The standard InChI is InChI=1S/C26H29F3N6O4/c1-25(39)6-9-34(10-7-25)22(36)15-4-5-17-18(12-30-20(17)11-15)21-19(26(27,28)29)13-31-23(33-21)32-16-3-2-8-35(14-16)24(37)38/h4-5,11-13,16,30,39H,2-3,6-10,14H2,1H3,(H,37,38)(H,31,32,33)/t16-/m0/s1. The smallest absolute Gasteiger partial charge is 0.419 e. The molecule has 0 aliphatic carbocycles. The van der Waals surface area contributed by atoms with Crippen LogP contribution in [0.2, 0.25) is 0 Å². The topological polar surface area (TPSA) is 135 Å². The third-order valence-electron chi connectivity index (χ3n) is 7.43. The van der Waals surface area contributed by atoms with E-state index in [-0.39, 0.29) is 35.7 Å². The summed E-state index contributed by atoms with van der Waals surface area (Å²) in [6.07, 6.45) is -1.46. The van der Waals surface area contributed by atoms with Crippen molar-refractivity contribution in [2.75, 3.05) is 31.5 Å². The fourth-order valence-electron chi connectivity index (χ4n) is 5.14. The zero-order chi connectivity index (χ0) is 27.9. The van der Waals surface area contributed by atoms with Crippen LogP contribution in [0, 0.1) is 0 Å². The Morgan fingerprint density at radius 1 is 1.18 bits per heavy atom. The minimum Gasteiger partial charge on any atom is -0.465 e. The number of aromatic amines is 1. The monoisotopic (exact) mass is 546 g/mol. The Hall–Kier alpha value is -3.87. The number of hydrogen-bond donors (Lipinski definition) is 4. The van der Waals surface area contributed by atoms with Gasteiger partial charge in [0.15, 0.2) is 0 Å². The van der Waals surface area contributed by atoms with Gasteiger partial charge in [0.1, 0.15) is 5.56 Å². The number of hydrogen-bond acceptors (Lipinski definition) is 6. The predicted molar refractivity (Wildman–Crippen MR) is 136 cm³/mol. The van der Waals surface area contributed by atoms with Gasteiger partial charge in [0.05, 0.1) is 11.3 Å². The maximum Gasteiger partial charge on any atom is 0.419 e. The van der Waals surface area contributed by atoms with Gasteiger partial charge in [0.25, 0.3) is 5.91 Å². The fourth-order valence-corrected chi connectivity index (χ4v) is 5.14. The maximum atomic E-state index is 14.0. The molecule has 0 saturated carbocycles. The highest BCUT2D eigenvalue weighted by molar-refractivity contribution is 6.02. The van der Waals surface area contributed by atoms with Crippen molar-refractivity contribution in [1.29, 1.82) is 0 Å². The Labute approximate surface area is 221 Å². The van der Waals surface area contributed by atoms with Crippen LogP contribution in [-0.2, 0) is 6.18 Å². The molecule has 2 amide bonds. The van der Waals surface area contributed by atoms with E-state index in [1.165, 1.54) is 11.1 Å².